The van der Waals surface area contributed by atoms with Gasteiger partial charge in [0.1, 0.15) is 5.75 Å². The second kappa shape index (κ2) is 11.5. The lowest BCUT2D eigenvalue weighted by molar-refractivity contribution is -0.123. The zero-order chi connectivity index (χ0) is 24.8. The summed E-state index contributed by atoms with van der Waals surface area (Å²) in [6.45, 7) is 2.72. The molecule has 0 saturated carbocycles. The monoisotopic (exact) mass is 531 g/mol. The first-order valence-electron chi connectivity index (χ1n) is 10.4. The smallest absolute Gasteiger partial charge is 0.257 e. The predicted molar refractivity (Wildman–Crippen MR) is 126 cm³/mol. The van der Waals surface area contributed by atoms with E-state index in [4.69, 9.17) is 21.1 Å². The Morgan fingerprint density at radius 2 is 1.68 bits per heavy atom. The molecule has 1 aliphatic heterocycles. The topological polar surface area (TPSA) is 131 Å². The largest absolute Gasteiger partial charge is 0.482 e. The molecule has 0 atom stereocenters. The van der Waals surface area contributed by atoms with Crippen LogP contribution in [0, 0.1) is 6.92 Å². The molecular formula is C21H26ClN3O7S2. The Bertz CT molecular complexity index is 1210. The maximum atomic E-state index is 12.7. The Balaban J connectivity index is 1.46. The number of morpholine rings is 1. The number of nitrogens with zero attached hydrogens (tertiary/aromatic N) is 1. The van der Waals surface area contributed by atoms with Crippen molar-refractivity contribution in [1.82, 2.24) is 14.3 Å². The highest BCUT2D eigenvalue weighted by atomic mass is 35.5. The van der Waals surface area contributed by atoms with E-state index in [0.717, 1.165) is 5.56 Å². The molecule has 0 aliphatic carbocycles. The van der Waals surface area contributed by atoms with E-state index in [2.05, 4.69) is 10.0 Å². The lowest BCUT2D eigenvalue weighted by Crippen LogP contribution is -2.40. The van der Waals surface area contributed by atoms with Crippen molar-refractivity contribution in [3.63, 3.8) is 0 Å². The van der Waals surface area contributed by atoms with Gasteiger partial charge in [0.2, 0.25) is 20.0 Å². The van der Waals surface area contributed by atoms with Crippen LogP contribution in [0.3, 0.4) is 0 Å². The minimum atomic E-state index is -3.70. The van der Waals surface area contributed by atoms with Crippen molar-refractivity contribution < 1.29 is 31.1 Å². The molecule has 0 aromatic heterocycles. The van der Waals surface area contributed by atoms with E-state index in [1.54, 1.807) is 12.1 Å². The molecule has 0 bridgehead atoms. The third-order valence-corrected chi connectivity index (χ3v) is 8.61. The van der Waals surface area contributed by atoms with Crippen molar-refractivity contribution in [2.45, 2.75) is 16.7 Å². The highest BCUT2D eigenvalue weighted by Crippen LogP contribution is 2.29. The summed E-state index contributed by atoms with van der Waals surface area (Å²) in [7, 11) is -7.37. The number of halogens is 1. The number of rotatable bonds is 10. The first-order chi connectivity index (χ1) is 16.1. The van der Waals surface area contributed by atoms with Gasteiger partial charge < -0.3 is 14.8 Å². The van der Waals surface area contributed by atoms with Gasteiger partial charge in [0.15, 0.2) is 6.61 Å². The van der Waals surface area contributed by atoms with Crippen molar-refractivity contribution in [2.75, 3.05) is 46.0 Å². The summed E-state index contributed by atoms with van der Waals surface area (Å²) < 4.78 is 64.1. The summed E-state index contributed by atoms with van der Waals surface area (Å²) in [4.78, 5) is 12.2. The lowest BCUT2D eigenvalue weighted by Gasteiger charge is -2.26. The van der Waals surface area contributed by atoms with Crippen molar-refractivity contribution >= 4 is 37.6 Å². The molecule has 1 saturated heterocycles. The van der Waals surface area contributed by atoms with Gasteiger partial charge >= 0.3 is 0 Å². The normalized spacial score (nSPS) is 15.1. The molecule has 2 aromatic carbocycles. The van der Waals surface area contributed by atoms with Gasteiger partial charge in [-0.3, -0.25) is 4.79 Å². The van der Waals surface area contributed by atoms with E-state index in [9.17, 15) is 21.6 Å². The number of aryl methyl sites for hydroxylation is 1. The molecule has 1 fully saturated rings. The first kappa shape index (κ1) is 26.4. The number of nitrogens with one attached hydrogen (secondary N) is 2. The third kappa shape index (κ3) is 6.90. The Labute approximate surface area is 204 Å². The van der Waals surface area contributed by atoms with Crippen molar-refractivity contribution in [2.24, 2.45) is 0 Å². The fourth-order valence-corrected chi connectivity index (χ4v) is 5.84. The molecule has 3 rings (SSSR count). The molecule has 2 aromatic rings. The van der Waals surface area contributed by atoms with Crippen LogP contribution in [0.2, 0.25) is 5.02 Å². The quantitative estimate of drug-likeness (QED) is 0.439. The maximum Gasteiger partial charge on any atom is 0.257 e. The molecule has 1 aliphatic rings. The van der Waals surface area contributed by atoms with E-state index in [-0.39, 0.29) is 53.3 Å². The number of carbonyl (C=O) groups excluding carboxylic acids is 1. The Hall–Kier alpha value is -2.22. The number of carbonyl (C=O) groups is 1. The van der Waals surface area contributed by atoms with Crippen LogP contribution in [0.15, 0.2) is 52.3 Å². The molecule has 13 heteroatoms. The van der Waals surface area contributed by atoms with E-state index < -0.39 is 26.0 Å². The fraction of sp³-hybridized carbons (Fsp3) is 0.381. The van der Waals surface area contributed by atoms with Crippen LogP contribution in [0.1, 0.15) is 5.56 Å². The van der Waals surface area contributed by atoms with Crippen LogP contribution < -0.4 is 14.8 Å². The van der Waals surface area contributed by atoms with E-state index in [1.807, 2.05) is 6.92 Å². The summed E-state index contributed by atoms with van der Waals surface area (Å²) in [5, 5.41) is 2.58. The van der Waals surface area contributed by atoms with Crippen molar-refractivity contribution in [3.05, 3.63) is 53.1 Å². The minimum Gasteiger partial charge on any atom is -0.482 e. The number of ether oxygens (including phenoxy) is 2. The molecule has 186 valence electrons. The Kier molecular flexibility index (Phi) is 8.90. The van der Waals surface area contributed by atoms with Crippen LogP contribution >= 0.6 is 11.6 Å². The lowest BCUT2D eigenvalue weighted by atomic mass is 10.2. The average molecular weight is 532 g/mol. The zero-order valence-electron chi connectivity index (χ0n) is 18.5. The summed E-state index contributed by atoms with van der Waals surface area (Å²) in [5.41, 5.74) is 0.944. The van der Waals surface area contributed by atoms with Gasteiger partial charge in [0.25, 0.3) is 5.91 Å². The number of amides is 1. The highest BCUT2D eigenvalue weighted by molar-refractivity contribution is 7.89. The molecule has 0 radical (unpaired) electrons. The van der Waals surface area contributed by atoms with E-state index >= 15 is 0 Å². The maximum absolute atomic E-state index is 12.7. The first-order valence-corrected chi connectivity index (χ1v) is 13.7. The van der Waals surface area contributed by atoms with Gasteiger partial charge in [-0.2, -0.15) is 4.31 Å². The van der Waals surface area contributed by atoms with Gasteiger partial charge in [0, 0.05) is 26.2 Å². The van der Waals surface area contributed by atoms with Crippen LogP contribution in [0.4, 0.5) is 0 Å². The van der Waals surface area contributed by atoms with Crippen LogP contribution in [0.25, 0.3) is 0 Å². The summed E-state index contributed by atoms with van der Waals surface area (Å²) in [5.74, 6) is -0.339. The molecule has 0 unspecified atom stereocenters. The Morgan fingerprint density at radius 1 is 1.03 bits per heavy atom. The van der Waals surface area contributed by atoms with Crippen molar-refractivity contribution in [1.29, 1.82) is 0 Å². The number of hydrogen-bond acceptors (Lipinski definition) is 7. The Morgan fingerprint density at radius 3 is 2.32 bits per heavy atom. The number of sulfonamides is 2. The minimum absolute atomic E-state index is 0.00317. The summed E-state index contributed by atoms with van der Waals surface area (Å²) >= 11 is 6.16. The highest BCUT2D eigenvalue weighted by Gasteiger charge is 2.27. The van der Waals surface area contributed by atoms with Crippen LogP contribution in [0.5, 0.6) is 5.75 Å². The average Bonchev–Trinajstić information content (AvgIpc) is 2.82. The van der Waals surface area contributed by atoms with Gasteiger partial charge in [-0.1, -0.05) is 29.3 Å². The van der Waals surface area contributed by atoms with E-state index in [0.29, 0.717) is 13.2 Å². The zero-order valence-corrected chi connectivity index (χ0v) is 20.9. The second-order valence-corrected chi connectivity index (χ2v) is 11.6. The van der Waals surface area contributed by atoms with Crippen molar-refractivity contribution in [3.8, 4) is 5.75 Å². The van der Waals surface area contributed by atoms with Gasteiger partial charge in [-0.05, 0) is 37.3 Å². The van der Waals surface area contributed by atoms with Crippen LogP contribution in [-0.2, 0) is 29.6 Å². The molecule has 34 heavy (non-hydrogen) atoms. The molecule has 2 N–H and O–H groups in total. The van der Waals surface area contributed by atoms with Gasteiger partial charge in [0.05, 0.1) is 28.0 Å². The number of benzene rings is 2. The third-order valence-electron chi connectivity index (χ3n) is 4.94. The van der Waals surface area contributed by atoms with E-state index in [1.165, 1.54) is 34.6 Å². The molecule has 0 spiro atoms. The molecule has 1 amide bonds. The standard InChI is InChI=1S/C21H26ClN3O7S2/c1-16-2-4-17(5-3-16)33(27,28)24-9-8-23-21(26)15-32-20-7-6-18(14-19(20)22)34(29,30)25-10-12-31-13-11-25/h2-7,14,24H,8-13,15H2,1H3,(H,23,26). The second-order valence-electron chi connectivity index (χ2n) is 7.46. The fourth-order valence-electron chi connectivity index (χ4n) is 3.08. The summed E-state index contributed by atoms with van der Waals surface area (Å²) in [6.07, 6.45) is 0. The van der Waals surface area contributed by atoms with Gasteiger partial charge in [-0.15, -0.1) is 0 Å². The predicted octanol–water partition coefficient (Wildman–Crippen LogP) is 1.14. The molecule has 10 nitrogen and oxygen atoms in total. The summed E-state index contributed by atoms with van der Waals surface area (Å²) in [6, 6.07) is 10.4. The molecule has 1 heterocycles. The SMILES string of the molecule is Cc1ccc(S(=O)(=O)NCCNC(=O)COc2ccc(S(=O)(=O)N3CCOCC3)cc2Cl)cc1. The molecular weight excluding hydrogens is 506 g/mol. The number of hydrogen-bond donors (Lipinski definition) is 2. The van der Waals surface area contributed by atoms with Gasteiger partial charge in [-0.25, -0.2) is 21.6 Å². The van der Waals surface area contributed by atoms with Crippen LogP contribution in [-0.4, -0.2) is 73.0 Å².